The molecule has 0 aromatic heterocycles. The number of carbonyl (C=O) groups is 1. The summed E-state index contributed by atoms with van der Waals surface area (Å²) in [4.78, 5) is 12.9. The second kappa shape index (κ2) is 7.65. The average Bonchev–Trinajstić information content (AvgIpc) is 3.03. The fourth-order valence-electron chi connectivity index (χ4n) is 3.25. The van der Waals surface area contributed by atoms with Gasteiger partial charge < -0.3 is 10.0 Å². The van der Waals surface area contributed by atoms with E-state index in [1.54, 1.807) is 0 Å². The Labute approximate surface area is 185 Å². The van der Waals surface area contributed by atoms with Crippen molar-refractivity contribution in [2.75, 3.05) is 4.90 Å². The van der Waals surface area contributed by atoms with E-state index < -0.39 is 35.0 Å². The van der Waals surface area contributed by atoms with Crippen LogP contribution in [-0.2, 0) is 10.2 Å². The van der Waals surface area contributed by atoms with Crippen molar-refractivity contribution in [3.8, 4) is 0 Å². The number of hydrogen-bond donors (Lipinski definition) is 1. The summed E-state index contributed by atoms with van der Waals surface area (Å²) in [6.07, 6.45) is -3.33. The van der Waals surface area contributed by atoms with Crippen molar-refractivity contribution in [1.82, 2.24) is 0 Å². The molecule has 1 heterocycles. The topological polar surface area (TPSA) is 40.5 Å². The first kappa shape index (κ1) is 22.2. The van der Waals surface area contributed by atoms with Crippen molar-refractivity contribution in [3.05, 3.63) is 73.5 Å². The summed E-state index contributed by atoms with van der Waals surface area (Å²) < 4.78 is 56.7. The predicted octanol–water partition coefficient (Wildman–Crippen LogP) is 6.84. The molecule has 1 aliphatic rings. The van der Waals surface area contributed by atoms with Gasteiger partial charge in [0.15, 0.2) is 6.04 Å². The van der Waals surface area contributed by atoms with E-state index in [-0.39, 0.29) is 25.2 Å². The van der Waals surface area contributed by atoms with E-state index in [0.29, 0.717) is 0 Å². The van der Waals surface area contributed by atoms with Gasteiger partial charge in [0.05, 0.1) is 19.5 Å². The fraction of sp³-hybridized carbons (Fsp3) is 0.167. The molecule has 0 amide bonds. The minimum absolute atomic E-state index is 0.0328. The van der Waals surface area contributed by atoms with E-state index in [1.807, 2.05) is 0 Å². The Morgan fingerprint density at radius 2 is 1.72 bits per heavy atom. The zero-order valence-electron chi connectivity index (χ0n) is 13.9. The van der Waals surface area contributed by atoms with E-state index in [4.69, 9.17) is 34.8 Å². The number of anilines is 1. The molecular weight excluding hydrogens is 524 g/mol. The van der Waals surface area contributed by atoms with Gasteiger partial charge in [-0.25, -0.2) is 9.18 Å². The third kappa shape index (κ3) is 3.60. The van der Waals surface area contributed by atoms with E-state index in [1.165, 1.54) is 12.1 Å². The lowest BCUT2D eigenvalue weighted by molar-refractivity contribution is -0.186. The quantitative estimate of drug-likeness (QED) is 0.347. The van der Waals surface area contributed by atoms with Crippen LogP contribution in [0.15, 0.2) is 47.1 Å². The van der Waals surface area contributed by atoms with Crippen molar-refractivity contribution in [2.45, 2.75) is 17.6 Å². The van der Waals surface area contributed by atoms with Crippen LogP contribution in [0.5, 0.6) is 0 Å². The summed E-state index contributed by atoms with van der Waals surface area (Å²) in [6, 6.07) is 3.10. The zero-order valence-corrected chi connectivity index (χ0v) is 17.8. The van der Waals surface area contributed by atoms with Crippen LogP contribution < -0.4 is 4.90 Å². The highest BCUT2D eigenvalue weighted by Crippen LogP contribution is 2.52. The summed E-state index contributed by atoms with van der Waals surface area (Å²) in [6.45, 7) is 0. The first-order valence-electron chi connectivity index (χ1n) is 7.77. The van der Waals surface area contributed by atoms with Gasteiger partial charge in [-0.3, -0.25) is 0 Å². The molecule has 154 valence electrons. The number of carboxylic acid groups (broad SMARTS) is 1. The molecule has 0 bridgehead atoms. The Kier molecular flexibility index (Phi) is 5.86. The number of rotatable bonds is 3. The Hall–Kier alpha value is -1.48. The lowest BCUT2D eigenvalue weighted by atomic mass is 9.74. The molecule has 0 radical (unpaired) electrons. The van der Waals surface area contributed by atoms with Crippen molar-refractivity contribution < 1.29 is 27.5 Å². The van der Waals surface area contributed by atoms with E-state index in [0.717, 1.165) is 35.4 Å². The molecule has 0 spiro atoms. The van der Waals surface area contributed by atoms with Gasteiger partial charge in [0.2, 0.25) is 0 Å². The number of halogens is 8. The Bertz CT molecular complexity index is 1010. The normalized spacial score (nSPS) is 21.7. The maximum Gasteiger partial charge on any atom is 0.404 e. The third-order valence-corrected chi connectivity index (χ3v) is 6.38. The van der Waals surface area contributed by atoms with E-state index in [9.17, 15) is 27.5 Å². The van der Waals surface area contributed by atoms with Crippen LogP contribution in [0.4, 0.5) is 23.2 Å². The molecule has 0 saturated heterocycles. The second-order valence-corrected chi connectivity index (χ2v) is 8.23. The summed E-state index contributed by atoms with van der Waals surface area (Å²) >= 11 is 20.6. The van der Waals surface area contributed by atoms with Crippen molar-refractivity contribution in [3.63, 3.8) is 0 Å². The van der Waals surface area contributed by atoms with Gasteiger partial charge in [-0.05, 0) is 57.9 Å². The van der Waals surface area contributed by atoms with E-state index in [2.05, 4.69) is 15.9 Å². The van der Waals surface area contributed by atoms with Crippen molar-refractivity contribution >= 4 is 62.4 Å². The summed E-state index contributed by atoms with van der Waals surface area (Å²) in [5.74, 6) is -2.41. The average molecular weight is 534 g/mol. The van der Waals surface area contributed by atoms with E-state index >= 15 is 0 Å². The van der Waals surface area contributed by atoms with Gasteiger partial charge in [0.25, 0.3) is 0 Å². The van der Waals surface area contributed by atoms with Crippen molar-refractivity contribution in [1.29, 1.82) is 0 Å². The number of alkyl halides is 3. The second-order valence-electron chi connectivity index (χ2n) is 6.18. The minimum Gasteiger partial charge on any atom is -0.480 e. The molecule has 2 atom stereocenters. The van der Waals surface area contributed by atoms with Gasteiger partial charge in [0.1, 0.15) is 11.2 Å². The molecule has 11 heteroatoms. The summed E-state index contributed by atoms with van der Waals surface area (Å²) in [5.41, 5.74) is -3.44. The molecule has 0 fully saturated rings. The van der Waals surface area contributed by atoms with Crippen LogP contribution in [0, 0.1) is 5.82 Å². The molecule has 3 rings (SSSR count). The largest absolute Gasteiger partial charge is 0.480 e. The molecule has 2 aromatic carbocycles. The standard InChI is InChI=1S/C18H9BrCl3F4NO2/c19-10-7-9(1-2-13(10)23)27-4-3-17(18(24,25)26,15(27)16(28)29)8-5-11(20)14(22)12(21)6-8/h1-7,15H,(H,28,29). The smallest absolute Gasteiger partial charge is 0.404 e. The van der Waals surface area contributed by atoms with Crippen LogP contribution in [-0.4, -0.2) is 23.3 Å². The van der Waals surface area contributed by atoms with Crippen LogP contribution in [0.1, 0.15) is 5.56 Å². The minimum atomic E-state index is -5.04. The summed E-state index contributed by atoms with van der Waals surface area (Å²) in [5, 5.41) is 9.11. The van der Waals surface area contributed by atoms with Crippen LogP contribution in [0.25, 0.3) is 0 Å². The van der Waals surface area contributed by atoms with Crippen molar-refractivity contribution in [2.24, 2.45) is 0 Å². The van der Waals surface area contributed by atoms with Gasteiger partial charge in [-0.1, -0.05) is 34.8 Å². The molecule has 0 aliphatic carbocycles. The monoisotopic (exact) mass is 531 g/mol. The predicted molar refractivity (Wildman–Crippen MR) is 106 cm³/mol. The first-order valence-corrected chi connectivity index (χ1v) is 9.70. The number of benzene rings is 2. The molecule has 3 nitrogen and oxygen atoms in total. The maximum absolute atomic E-state index is 14.4. The van der Waals surface area contributed by atoms with Gasteiger partial charge in [0, 0.05) is 11.9 Å². The Morgan fingerprint density at radius 3 is 2.21 bits per heavy atom. The number of carboxylic acids is 1. The van der Waals surface area contributed by atoms with Crippen LogP contribution in [0.2, 0.25) is 15.1 Å². The van der Waals surface area contributed by atoms with Crippen LogP contribution >= 0.6 is 50.7 Å². The molecular formula is C18H9BrCl3F4NO2. The Morgan fingerprint density at radius 1 is 1.14 bits per heavy atom. The molecule has 0 saturated carbocycles. The number of hydrogen-bond acceptors (Lipinski definition) is 2. The number of aliphatic carboxylic acids is 1. The molecule has 1 N–H and O–H groups in total. The summed E-state index contributed by atoms with van der Waals surface area (Å²) in [7, 11) is 0. The highest BCUT2D eigenvalue weighted by Gasteiger charge is 2.65. The van der Waals surface area contributed by atoms with Gasteiger partial charge >= 0.3 is 12.1 Å². The van der Waals surface area contributed by atoms with Gasteiger partial charge in [-0.15, -0.1) is 0 Å². The van der Waals surface area contributed by atoms with Crippen LogP contribution in [0.3, 0.4) is 0 Å². The fourth-order valence-corrected chi connectivity index (χ4v) is 4.21. The third-order valence-electron chi connectivity index (χ3n) is 4.57. The van der Waals surface area contributed by atoms with Gasteiger partial charge in [-0.2, -0.15) is 13.2 Å². The zero-order chi connectivity index (χ0) is 21.7. The number of nitrogens with zero attached hydrogens (tertiary/aromatic N) is 1. The molecule has 1 aliphatic heterocycles. The lowest BCUT2D eigenvalue weighted by Crippen LogP contribution is -2.56. The SMILES string of the molecule is O=C(O)C1N(c2ccc(F)c(Br)c2)C=CC1(c1cc(Cl)c(Cl)c(Cl)c1)C(F)(F)F. The maximum atomic E-state index is 14.4. The molecule has 29 heavy (non-hydrogen) atoms. The Balaban J connectivity index is 2.26. The highest BCUT2D eigenvalue weighted by atomic mass is 79.9. The lowest BCUT2D eigenvalue weighted by Gasteiger charge is -2.38. The molecule has 2 aromatic rings. The first-order chi connectivity index (χ1) is 13.4. The molecule has 2 unspecified atom stereocenters. The highest BCUT2D eigenvalue weighted by molar-refractivity contribution is 9.10.